The first-order chi connectivity index (χ1) is 7.81. The zero-order chi connectivity index (χ0) is 13.1. The predicted octanol–water partition coefficient (Wildman–Crippen LogP) is 2.04. The van der Waals surface area contributed by atoms with E-state index in [1.54, 1.807) is 0 Å². The summed E-state index contributed by atoms with van der Waals surface area (Å²) in [4.78, 5) is 23.1. The Labute approximate surface area is 103 Å². The van der Waals surface area contributed by atoms with Gasteiger partial charge >= 0.3 is 5.97 Å². The number of amides is 1. The molecule has 0 aromatic heterocycles. The number of carboxylic acids is 1. The zero-order valence-electron chi connectivity index (χ0n) is 11.0. The van der Waals surface area contributed by atoms with Gasteiger partial charge in [0.05, 0.1) is 11.8 Å². The molecule has 1 aliphatic rings. The summed E-state index contributed by atoms with van der Waals surface area (Å²) in [6.07, 6.45) is 3.20. The molecule has 4 nitrogen and oxygen atoms in total. The molecule has 1 amide bonds. The molecule has 0 aromatic rings. The summed E-state index contributed by atoms with van der Waals surface area (Å²) >= 11 is 0. The normalized spacial score (nSPS) is 25.4. The van der Waals surface area contributed by atoms with E-state index >= 15 is 0 Å². The molecular formula is C13H23NO3. The molecule has 2 atom stereocenters. The lowest BCUT2D eigenvalue weighted by Crippen LogP contribution is -2.42. The van der Waals surface area contributed by atoms with E-state index in [0.29, 0.717) is 19.4 Å². The Morgan fingerprint density at radius 1 is 1.18 bits per heavy atom. The van der Waals surface area contributed by atoms with E-state index in [9.17, 15) is 9.59 Å². The maximum atomic E-state index is 12.0. The first kappa shape index (κ1) is 14.0. The summed E-state index contributed by atoms with van der Waals surface area (Å²) in [6.45, 7) is 6.73. The lowest BCUT2D eigenvalue weighted by atomic mass is 9.78. The highest BCUT2D eigenvalue weighted by atomic mass is 16.4. The fraction of sp³-hybridized carbons (Fsp3) is 0.846. The Kier molecular flexibility index (Phi) is 4.54. The van der Waals surface area contributed by atoms with Crippen LogP contribution in [0.25, 0.3) is 0 Å². The smallest absolute Gasteiger partial charge is 0.307 e. The number of hydrogen-bond acceptors (Lipinski definition) is 2. The minimum atomic E-state index is -0.833. The maximum Gasteiger partial charge on any atom is 0.307 e. The average molecular weight is 241 g/mol. The van der Waals surface area contributed by atoms with Gasteiger partial charge in [0, 0.05) is 6.54 Å². The van der Waals surface area contributed by atoms with E-state index in [-0.39, 0.29) is 17.2 Å². The van der Waals surface area contributed by atoms with Crippen molar-refractivity contribution in [3.8, 4) is 0 Å². The standard InChI is InChI=1S/C13H23NO3/c1-13(2,3)8-14-11(15)9-6-4-5-7-10(9)12(16)17/h9-10H,4-8H2,1-3H3,(H,14,15)(H,16,17)/t9-,10+/m1/s1. The van der Waals surface area contributed by atoms with Crippen LogP contribution in [0.2, 0.25) is 0 Å². The van der Waals surface area contributed by atoms with Crippen LogP contribution in [0.3, 0.4) is 0 Å². The Balaban J connectivity index is 2.56. The molecule has 0 aliphatic heterocycles. The largest absolute Gasteiger partial charge is 0.481 e. The minimum absolute atomic E-state index is 0.0308. The molecule has 0 radical (unpaired) electrons. The number of nitrogens with one attached hydrogen (secondary N) is 1. The number of carboxylic acid groups (broad SMARTS) is 1. The Hall–Kier alpha value is -1.06. The van der Waals surface area contributed by atoms with E-state index in [0.717, 1.165) is 12.8 Å². The highest BCUT2D eigenvalue weighted by molar-refractivity contribution is 5.84. The first-order valence-electron chi connectivity index (χ1n) is 6.32. The van der Waals surface area contributed by atoms with Crippen molar-refractivity contribution in [2.75, 3.05) is 6.54 Å². The number of hydrogen-bond donors (Lipinski definition) is 2. The van der Waals surface area contributed by atoms with Crippen molar-refractivity contribution in [2.24, 2.45) is 17.3 Å². The highest BCUT2D eigenvalue weighted by Crippen LogP contribution is 2.30. The third kappa shape index (κ3) is 4.36. The molecule has 0 bridgehead atoms. The van der Waals surface area contributed by atoms with Crippen LogP contribution in [0.15, 0.2) is 0 Å². The summed E-state index contributed by atoms with van der Waals surface area (Å²) < 4.78 is 0. The van der Waals surface area contributed by atoms with Gasteiger partial charge in [0.1, 0.15) is 0 Å². The van der Waals surface area contributed by atoms with E-state index in [4.69, 9.17) is 5.11 Å². The number of aliphatic carboxylic acids is 1. The average Bonchev–Trinajstić information content (AvgIpc) is 2.25. The van der Waals surface area contributed by atoms with E-state index < -0.39 is 11.9 Å². The first-order valence-corrected chi connectivity index (χ1v) is 6.32. The lowest BCUT2D eigenvalue weighted by molar-refractivity contribution is -0.149. The summed E-state index contributed by atoms with van der Waals surface area (Å²) in [5.41, 5.74) is 0.0308. The molecule has 2 N–H and O–H groups in total. The Morgan fingerprint density at radius 3 is 2.18 bits per heavy atom. The second-order valence-corrected chi connectivity index (χ2v) is 6.11. The molecule has 4 heteroatoms. The van der Waals surface area contributed by atoms with Crippen molar-refractivity contribution < 1.29 is 14.7 Å². The van der Waals surface area contributed by atoms with Crippen LogP contribution in [-0.2, 0) is 9.59 Å². The van der Waals surface area contributed by atoms with Gasteiger partial charge in [-0.3, -0.25) is 9.59 Å². The zero-order valence-corrected chi connectivity index (χ0v) is 11.0. The second-order valence-electron chi connectivity index (χ2n) is 6.11. The predicted molar refractivity (Wildman–Crippen MR) is 65.5 cm³/mol. The summed E-state index contributed by atoms with van der Waals surface area (Å²) in [5, 5.41) is 12.0. The molecule has 1 rings (SSSR count). The van der Waals surface area contributed by atoms with E-state index in [1.807, 2.05) is 20.8 Å². The van der Waals surface area contributed by atoms with Crippen LogP contribution in [0, 0.1) is 17.3 Å². The van der Waals surface area contributed by atoms with E-state index in [1.165, 1.54) is 0 Å². The molecule has 1 aliphatic carbocycles. The van der Waals surface area contributed by atoms with Gasteiger partial charge in [0.15, 0.2) is 0 Å². The quantitative estimate of drug-likeness (QED) is 0.794. The van der Waals surface area contributed by atoms with Crippen LogP contribution < -0.4 is 5.32 Å². The number of rotatable bonds is 3. The van der Waals surface area contributed by atoms with Crippen LogP contribution >= 0.6 is 0 Å². The van der Waals surface area contributed by atoms with Crippen molar-refractivity contribution >= 4 is 11.9 Å². The van der Waals surface area contributed by atoms with Crippen molar-refractivity contribution in [3.05, 3.63) is 0 Å². The van der Waals surface area contributed by atoms with Gasteiger partial charge in [-0.2, -0.15) is 0 Å². The molecule has 1 fully saturated rings. The van der Waals surface area contributed by atoms with Crippen molar-refractivity contribution in [3.63, 3.8) is 0 Å². The van der Waals surface area contributed by atoms with E-state index in [2.05, 4.69) is 5.32 Å². The third-order valence-electron chi connectivity index (χ3n) is 3.21. The lowest BCUT2D eigenvalue weighted by Gasteiger charge is -2.29. The van der Waals surface area contributed by atoms with Gasteiger partial charge in [-0.25, -0.2) is 0 Å². The molecule has 0 saturated heterocycles. The fourth-order valence-electron chi connectivity index (χ4n) is 2.22. The van der Waals surface area contributed by atoms with Gasteiger partial charge in [-0.05, 0) is 18.3 Å². The molecule has 17 heavy (non-hydrogen) atoms. The number of carbonyl (C=O) groups is 2. The summed E-state index contributed by atoms with van der Waals surface area (Å²) in [7, 11) is 0. The van der Waals surface area contributed by atoms with Gasteiger partial charge in [-0.1, -0.05) is 33.6 Å². The van der Waals surface area contributed by atoms with Crippen molar-refractivity contribution in [1.82, 2.24) is 5.32 Å². The molecule has 0 spiro atoms. The molecule has 0 heterocycles. The molecule has 1 saturated carbocycles. The monoisotopic (exact) mass is 241 g/mol. The third-order valence-corrected chi connectivity index (χ3v) is 3.21. The second kappa shape index (κ2) is 5.52. The minimum Gasteiger partial charge on any atom is -0.481 e. The summed E-state index contributed by atoms with van der Waals surface area (Å²) in [6, 6.07) is 0. The van der Waals surface area contributed by atoms with Crippen LogP contribution in [-0.4, -0.2) is 23.5 Å². The van der Waals surface area contributed by atoms with Crippen molar-refractivity contribution in [2.45, 2.75) is 46.5 Å². The van der Waals surface area contributed by atoms with Crippen LogP contribution in [0.4, 0.5) is 0 Å². The van der Waals surface area contributed by atoms with Gasteiger partial charge in [0.25, 0.3) is 0 Å². The maximum absolute atomic E-state index is 12.0. The van der Waals surface area contributed by atoms with Crippen LogP contribution in [0.1, 0.15) is 46.5 Å². The highest BCUT2D eigenvalue weighted by Gasteiger charge is 2.35. The Morgan fingerprint density at radius 2 is 1.71 bits per heavy atom. The van der Waals surface area contributed by atoms with Crippen LogP contribution in [0.5, 0.6) is 0 Å². The Bertz CT molecular complexity index is 294. The summed E-state index contributed by atoms with van der Waals surface area (Å²) in [5.74, 6) is -1.76. The number of carbonyl (C=O) groups excluding carboxylic acids is 1. The molecule has 0 aromatic carbocycles. The SMILES string of the molecule is CC(C)(C)CNC(=O)[C@@H]1CCCC[C@@H]1C(=O)O. The molecular weight excluding hydrogens is 218 g/mol. The van der Waals surface area contributed by atoms with Gasteiger partial charge < -0.3 is 10.4 Å². The molecule has 0 unspecified atom stereocenters. The van der Waals surface area contributed by atoms with Gasteiger partial charge in [-0.15, -0.1) is 0 Å². The molecule has 98 valence electrons. The van der Waals surface area contributed by atoms with Gasteiger partial charge in [0.2, 0.25) is 5.91 Å². The topological polar surface area (TPSA) is 66.4 Å². The fourth-order valence-corrected chi connectivity index (χ4v) is 2.22. The van der Waals surface area contributed by atoms with Crippen molar-refractivity contribution in [1.29, 1.82) is 0 Å².